The highest BCUT2D eigenvalue weighted by atomic mass is 16.5. The Hall–Kier alpha value is -0.0800. The maximum atomic E-state index is 5.23. The molecule has 0 saturated heterocycles. The number of hydrogen-bond acceptors (Lipinski definition) is 2. The Labute approximate surface area is 94.8 Å². The molecule has 0 aromatic rings. The van der Waals surface area contributed by atoms with Crippen LogP contribution in [0.25, 0.3) is 0 Å². The van der Waals surface area contributed by atoms with Crippen LogP contribution >= 0.6 is 0 Å². The van der Waals surface area contributed by atoms with Gasteiger partial charge in [-0.1, -0.05) is 27.7 Å². The van der Waals surface area contributed by atoms with Gasteiger partial charge < -0.3 is 10.1 Å². The van der Waals surface area contributed by atoms with Crippen LogP contribution in [0.5, 0.6) is 0 Å². The molecule has 1 fully saturated rings. The summed E-state index contributed by atoms with van der Waals surface area (Å²) in [7, 11) is 1.78. The van der Waals surface area contributed by atoms with Gasteiger partial charge in [-0.05, 0) is 30.6 Å². The summed E-state index contributed by atoms with van der Waals surface area (Å²) in [5.74, 6) is 0.797. The van der Waals surface area contributed by atoms with E-state index in [1.165, 1.54) is 12.8 Å². The summed E-state index contributed by atoms with van der Waals surface area (Å²) in [6.07, 6.45) is 3.79. The predicted octanol–water partition coefficient (Wildman–Crippen LogP) is 2.83. The summed E-state index contributed by atoms with van der Waals surface area (Å²) in [6.45, 7) is 10.2. The molecular weight excluding hydrogens is 186 g/mol. The van der Waals surface area contributed by atoms with E-state index in [4.69, 9.17) is 4.74 Å². The molecular formula is C13H27NO. The standard InChI is InChI=1S/C13H27NO/c1-6-11(9-15-5)14-12-8-13(3,4)7-10(12)2/h10-12,14H,6-9H2,1-5H3. The van der Waals surface area contributed by atoms with Crippen molar-refractivity contribution in [1.29, 1.82) is 0 Å². The summed E-state index contributed by atoms with van der Waals surface area (Å²) in [5.41, 5.74) is 0.516. The van der Waals surface area contributed by atoms with Gasteiger partial charge >= 0.3 is 0 Å². The third kappa shape index (κ3) is 3.76. The van der Waals surface area contributed by atoms with E-state index in [1.54, 1.807) is 7.11 Å². The van der Waals surface area contributed by atoms with Crippen molar-refractivity contribution in [2.75, 3.05) is 13.7 Å². The molecule has 90 valence electrons. The Kier molecular flexibility index (Phi) is 4.60. The Morgan fingerprint density at radius 2 is 2.07 bits per heavy atom. The van der Waals surface area contributed by atoms with Gasteiger partial charge in [-0.25, -0.2) is 0 Å². The van der Waals surface area contributed by atoms with E-state index >= 15 is 0 Å². The van der Waals surface area contributed by atoms with Gasteiger partial charge in [0.1, 0.15) is 0 Å². The van der Waals surface area contributed by atoms with E-state index in [1.807, 2.05) is 0 Å². The zero-order valence-electron chi connectivity index (χ0n) is 11.0. The van der Waals surface area contributed by atoms with Crippen LogP contribution in [-0.2, 0) is 4.74 Å². The van der Waals surface area contributed by atoms with E-state index in [0.29, 0.717) is 17.5 Å². The van der Waals surface area contributed by atoms with Crippen LogP contribution in [0.1, 0.15) is 47.0 Å². The first-order chi connectivity index (χ1) is 6.98. The summed E-state index contributed by atoms with van der Waals surface area (Å²) in [4.78, 5) is 0. The van der Waals surface area contributed by atoms with Crippen molar-refractivity contribution in [2.24, 2.45) is 11.3 Å². The zero-order valence-corrected chi connectivity index (χ0v) is 11.0. The maximum Gasteiger partial charge on any atom is 0.0615 e. The topological polar surface area (TPSA) is 21.3 Å². The lowest BCUT2D eigenvalue weighted by Crippen LogP contribution is -2.42. The second kappa shape index (κ2) is 5.31. The van der Waals surface area contributed by atoms with Gasteiger partial charge in [0.15, 0.2) is 0 Å². The lowest BCUT2D eigenvalue weighted by Gasteiger charge is -2.24. The summed E-state index contributed by atoms with van der Waals surface area (Å²) < 4.78 is 5.23. The first-order valence-corrected chi connectivity index (χ1v) is 6.23. The molecule has 1 saturated carbocycles. The zero-order chi connectivity index (χ0) is 11.5. The van der Waals surface area contributed by atoms with Crippen LogP contribution < -0.4 is 5.32 Å². The first kappa shape index (κ1) is 13.0. The minimum atomic E-state index is 0.516. The van der Waals surface area contributed by atoms with Gasteiger partial charge in [0.05, 0.1) is 6.61 Å². The van der Waals surface area contributed by atoms with Crippen LogP contribution in [0.3, 0.4) is 0 Å². The molecule has 3 unspecified atom stereocenters. The maximum absolute atomic E-state index is 5.23. The van der Waals surface area contributed by atoms with E-state index in [0.717, 1.165) is 18.9 Å². The fraction of sp³-hybridized carbons (Fsp3) is 1.00. The molecule has 0 aromatic carbocycles. The van der Waals surface area contributed by atoms with Gasteiger partial charge in [0.2, 0.25) is 0 Å². The Morgan fingerprint density at radius 1 is 1.40 bits per heavy atom. The SMILES string of the molecule is CCC(COC)NC1CC(C)(C)CC1C. The van der Waals surface area contributed by atoms with Crippen molar-refractivity contribution < 1.29 is 4.74 Å². The third-order valence-corrected chi connectivity index (χ3v) is 3.64. The highest BCUT2D eigenvalue weighted by Gasteiger charge is 2.37. The monoisotopic (exact) mass is 213 g/mol. The van der Waals surface area contributed by atoms with Gasteiger partial charge in [0, 0.05) is 19.2 Å². The highest BCUT2D eigenvalue weighted by Crippen LogP contribution is 2.40. The molecule has 0 aliphatic heterocycles. The molecule has 2 nitrogen and oxygen atoms in total. The van der Waals surface area contributed by atoms with Gasteiger partial charge in [-0.3, -0.25) is 0 Å². The second-order valence-electron chi connectivity index (χ2n) is 5.88. The fourth-order valence-electron chi connectivity index (χ4n) is 2.90. The largest absolute Gasteiger partial charge is 0.383 e. The van der Waals surface area contributed by atoms with Gasteiger partial charge in [-0.2, -0.15) is 0 Å². The predicted molar refractivity (Wildman–Crippen MR) is 65.1 cm³/mol. The van der Waals surface area contributed by atoms with Crippen molar-refractivity contribution in [2.45, 2.75) is 59.0 Å². The molecule has 1 aliphatic rings. The third-order valence-electron chi connectivity index (χ3n) is 3.64. The summed E-state index contributed by atoms with van der Waals surface area (Å²) in [6, 6.07) is 1.21. The van der Waals surface area contributed by atoms with E-state index in [2.05, 4.69) is 33.0 Å². The minimum Gasteiger partial charge on any atom is -0.383 e. The molecule has 1 rings (SSSR count). The molecule has 0 amide bonds. The number of ether oxygens (including phenoxy) is 1. The normalized spacial score (nSPS) is 31.8. The van der Waals surface area contributed by atoms with Crippen molar-refractivity contribution in [3.63, 3.8) is 0 Å². The van der Waals surface area contributed by atoms with Crippen LogP contribution in [0.4, 0.5) is 0 Å². The Bertz CT molecular complexity index is 191. The Morgan fingerprint density at radius 3 is 2.47 bits per heavy atom. The molecule has 1 aliphatic carbocycles. The molecule has 0 radical (unpaired) electrons. The second-order valence-corrected chi connectivity index (χ2v) is 5.88. The van der Waals surface area contributed by atoms with Gasteiger partial charge in [-0.15, -0.1) is 0 Å². The number of nitrogens with one attached hydrogen (secondary N) is 1. The van der Waals surface area contributed by atoms with Crippen LogP contribution in [-0.4, -0.2) is 25.8 Å². The molecule has 0 heterocycles. The van der Waals surface area contributed by atoms with Crippen LogP contribution in [0.2, 0.25) is 0 Å². The van der Waals surface area contributed by atoms with Crippen molar-refractivity contribution >= 4 is 0 Å². The van der Waals surface area contributed by atoms with E-state index in [-0.39, 0.29) is 0 Å². The lowest BCUT2D eigenvalue weighted by molar-refractivity contribution is 0.154. The van der Waals surface area contributed by atoms with E-state index < -0.39 is 0 Å². The summed E-state index contributed by atoms with van der Waals surface area (Å²) >= 11 is 0. The molecule has 0 aromatic heterocycles. The number of hydrogen-bond donors (Lipinski definition) is 1. The molecule has 0 bridgehead atoms. The van der Waals surface area contributed by atoms with Gasteiger partial charge in [0.25, 0.3) is 0 Å². The lowest BCUT2D eigenvalue weighted by atomic mass is 9.91. The Balaban J connectivity index is 2.44. The quantitative estimate of drug-likeness (QED) is 0.758. The van der Waals surface area contributed by atoms with Crippen LogP contribution in [0, 0.1) is 11.3 Å². The van der Waals surface area contributed by atoms with Crippen molar-refractivity contribution in [3.8, 4) is 0 Å². The first-order valence-electron chi connectivity index (χ1n) is 6.23. The molecule has 0 spiro atoms. The van der Waals surface area contributed by atoms with Crippen molar-refractivity contribution in [3.05, 3.63) is 0 Å². The average Bonchev–Trinajstić information content (AvgIpc) is 2.39. The molecule has 3 atom stereocenters. The van der Waals surface area contributed by atoms with Crippen molar-refractivity contribution in [1.82, 2.24) is 5.32 Å². The smallest absolute Gasteiger partial charge is 0.0615 e. The minimum absolute atomic E-state index is 0.516. The average molecular weight is 213 g/mol. The number of methoxy groups -OCH3 is 1. The van der Waals surface area contributed by atoms with E-state index in [9.17, 15) is 0 Å². The molecule has 15 heavy (non-hydrogen) atoms. The highest BCUT2D eigenvalue weighted by molar-refractivity contribution is 4.92. The molecule has 1 N–H and O–H groups in total. The van der Waals surface area contributed by atoms with Crippen LogP contribution in [0.15, 0.2) is 0 Å². The summed E-state index contributed by atoms with van der Waals surface area (Å²) in [5, 5.41) is 3.75. The fourth-order valence-corrected chi connectivity index (χ4v) is 2.90. The molecule has 2 heteroatoms. The number of rotatable bonds is 5.